The number of hydrogen-bond acceptors (Lipinski definition) is 7. The third kappa shape index (κ3) is 5.97. The molecule has 1 saturated carbocycles. The molecule has 3 N–H and O–H groups in total. The van der Waals surface area contributed by atoms with Crippen LogP contribution in [0.4, 0.5) is 14.5 Å². The number of benzene rings is 2. The Morgan fingerprint density at radius 2 is 1.85 bits per heavy atom. The van der Waals surface area contributed by atoms with Crippen molar-refractivity contribution < 1.29 is 22.0 Å². The zero-order valence-corrected chi connectivity index (χ0v) is 25.6. The number of sulfone groups is 1. The maximum atomic E-state index is 15.4. The van der Waals surface area contributed by atoms with Crippen LogP contribution in [0.15, 0.2) is 61.1 Å². The van der Waals surface area contributed by atoms with Crippen molar-refractivity contribution in [3.8, 4) is 33.8 Å². The number of hydrogen-bond donors (Lipinski definition) is 3. The van der Waals surface area contributed by atoms with E-state index in [1.54, 1.807) is 42.9 Å². The molecule has 10 nitrogen and oxygen atoms in total. The van der Waals surface area contributed by atoms with E-state index in [2.05, 4.69) is 35.5 Å². The number of carbonyl (C=O) groups is 1. The summed E-state index contributed by atoms with van der Waals surface area (Å²) in [5, 5.41) is 10.5. The molecule has 4 aromatic heterocycles. The molecule has 0 unspecified atom stereocenters. The maximum absolute atomic E-state index is 15.4. The number of aryl methyl sites for hydroxylation is 1. The van der Waals surface area contributed by atoms with Crippen molar-refractivity contribution in [3.63, 3.8) is 0 Å². The van der Waals surface area contributed by atoms with Gasteiger partial charge in [-0.25, -0.2) is 27.2 Å². The first-order valence-electron chi connectivity index (χ1n) is 14.9. The van der Waals surface area contributed by atoms with Crippen molar-refractivity contribution >= 4 is 43.5 Å². The molecule has 46 heavy (non-hydrogen) atoms. The van der Waals surface area contributed by atoms with Gasteiger partial charge in [-0.05, 0) is 72.4 Å². The summed E-state index contributed by atoms with van der Waals surface area (Å²) in [6, 6.07) is 11.1. The van der Waals surface area contributed by atoms with Crippen molar-refractivity contribution in [1.29, 1.82) is 0 Å². The lowest BCUT2D eigenvalue weighted by atomic mass is 10.0. The summed E-state index contributed by atoms with van der Waals surface area (Å²) in [4.78, 5) is 29.2. The van der Waals surface area contributed by atoms with Crippen LogP contribution in [0.1, 0.15) is 31.2 Å². The smallest absolute Gasteiger partial charge is 0.227 e. The Kier molecular flexibility index (Phi) is 7.55. The van der Waals surface area contributed by atoms with Crippen LogP contribution in [0, 0.1) is 17.6 Å². The normalized spacial score (nSPS) is 14.0. The molecule has 0 spiro atoms. The minimum Gasteiger partial charge on any atom is -0.335 e. The Morgan fingerprint density at radius 3 is 2.65 bits per heavy atom. The number of anilines is 1. The van der Waals surface area contributed by atoms with E-state index in [9.17, 15) is 17.6 Å². The van der Waals surface area contributed by atoms with Crippen molar-refractivity contribution in [2.75, 3.05) is 17.3 Å². The first-order chi connectivity index (χ1) is 22.1. The predicted molar refractivity (Wildman–Crippen MR) is 172 cm³/mol. The average Bonchev–Trinajstić information content (AvgIpc) is 3.79. The number of pyridine rings is 2. The Balaban J connectivity index is 1.24. The van der Waals surface area contributed by atoms with Gasteiger partial charge in [-0.3, -0.25) is 14.9 Å². The molecule has 1 fully saturated rings. The second-order valence-electron chi connectivity index (χ2n) is 11.8. The zero-order valence-electron chi connectivity index (χ0n) is 24.8. The molecule has 234 valence electrons. The van der Waals surface area contributed by atoms with Crippen LogP contribution in [0.3, 0.4) is 0 Å². The molecule has 0 radical (unpaired) electrons. The Hall–Kier alpha value is -5.04. The third-order valence-electron chi connectivity index (χ3n) is 8.34. The Bertz CT molecular complexity index is 2240. The average molecular weight is 642 g/mol. The molecule has 1 aliphatic rings. The van der Waals surface area contributed by atoms with Gasteiger partial charge in [-0.1, -0.05) is 18.9 Å². The zero-order chi connectivity index (χ0) is 32.0. The van der Waals surface area contributed by atoms with Gasteiger partial charge in [0.2, 0.25) is 5.91 Å². The van der Waals surface area contributed by atoms with Crippen LogP contribution in [-0.4, -0.2) is 56.5 Å². The van der Waals surface area contributed by atoms with E-state index < -0.39 is 21.5 Å². The summed E-state index contributed by atoms with van der Waals surface area (Å²) in [5.41, 5.74) is 4.79. The summed E-state index contributed by atoms with van der Waals surface area (Å²) in [5.74, 6) is -0.837. The fourth-order valence-electron chi connectivity index (χ4n) is 6.04. The van der Waals surface area contributed by atoms with Gasteiger partial charge in [-0.2, -0.15) is 5.10 Å². The molecule has 0 aliphatic heterocycles. The lowest BCUT2D eigenvalue weighted by molar-refractivity contribution is -0.119. The number of imidazole rings is 1. The lowest BCUT2D eigenvalue weighted by Gasteiger charge is -2.11. The van der Waals surface area contributed by atoms with Gasteiger partial charge in [0.25, 0.3) is 0 Å². The van der Waals surface area contributed by atoms with E-state index in [1.807, 2.05) is 0 Å². The molecular formula is C33H29F2N7O3S. The van der Waals surface area contributed by atoms with E-state index in [-0.39, 0.29) is 29.5 Å². The predicted octanol–water partition coefficient (Wildman–Crippen LogP) is 6.22. The van der Waals surface area contributed by atoms with E-state index in [0.29, 0.717) is 61.6 Å². The second-order valence-corrected chi connectivity index (χ2v) is 14.0. The molecule has 2 aromatic carbocycles. The van der Waals surface area contributed by atoms with E-state index in [4.69, 9.17) is 0 Å². The van der Waals surface area contributed by atoms with Gasteiger partial charge in [-0.15, -0.1) is 0 Å². The number of nitrogens with zero attached hydrogens (tertiary/aromatic N) is 4. The molecule has 1 amide bonds. The Morgan fingerprint density at radius 1 is 1.02 bits per heavy atom. The largest absolute Gasteiger partial charge is 0.335 e. The number of rotatable bonds is 8. The van der Waals surface area contributed by atoms with Gasteiger partial charge >= 0.3 is 0 Å². The van der Waals surface area contributed by atoms with Crippen molar-refractivity contribution in [2.24, 2.45) is 5.92 Å². The number of aromatic nitrogens is 6. The van der Waals surface area contributed by atoms with Crippen molar-refractivity contribution in [3.05, 3.63) is 78.3 Å². The van der Waals surface area contributed by atoms with E-state index in [0.717, 1.165) is 31.9 Å². The quantitative estimate of drug-likeness (QED) is 0.179. The summed E-state index contributed by atoms with van der Waals surface area (Å²) >= 11 is 0. The molecular weight excluding hydrogens is 612 g/mol. The number of amides is 1. The standard InChI is InChI=1S/C33H29F2N7O3S/c1-46(44,45)9-7-18-10-21(12-23(34)11-18)25-6-8-37-31-29(25)39-32(40-31)30-26-14-20(15-27(35)28(26)41-42-30)22-13-24(17-36-16-22)38-33(43)19-4-2-3-5-19/h6,8,10-17,19H,2-5,7,9H2,1H3,(H,38,43)(H,41,42)(H,37,39,40). The van der Waals surface area contributed by atoms with Crippen molar-refractivity contribution in [2.45, 2.75) is 32.1 Å². The summed E-state index contributed by atoms with van der Waals surface area (Å²) < 4.78 is 53.4. The highest BCUT2D eigenvalue weighted by Crippen LogP contribution is 2.35. The first kappa shape index (κ1) is 29.7. The molecule has 1 aliphatic carbocycles. The molecule has 0 bridgehead atoms. The van der Waals surface area contributed by atoms with Gasteiger partial charge in [0.05, 0.1) is 23.2 Å². The highest BCUT2D eigenvalue weighted by molar-refractivity contribution is 7.90. The first-order valence-corrected chi connectivity index (χ1v) is 16.9. The second kappa shape index (κ2) is 11.7. The van der Waals surface area contributed by atoms with E-state index >= 15 is 4.39 Å². The van der Waals surface area contributed by atoms with Crippen LogP contribution < -0.4 is 5.32 Å². The van der Waals surface area contributed by atoms with Crippen LogP contribution in [0.2, 0.25) is 0 Å². The van der Waals surface area contributed by atoms with Crippen LogP contribution in [0.5, 0.6) is 0 Å². The molecule has 6 aromatic rings. The summed E-state index contributed by atoms with van der Waals surface area (Å²) in [7, 11) is -3.23. The number of halogens is 2. The fraction of sp³-hybridized carbons (Fsp3) is 0.242. The minimum absolute atomic E-state index is 0.00685. The van der Waals surface area contributed by atoms with Crippen LogP contribution >= 0.6 is 0 Å². The fourth-order valence-corrected chi connectivity index (χ4v) is 6.65. The van der Waals surface area contributed by atoms with Crippen LogP contribution in [0.25, 0.3) is 55.8 Å². The molecule has 4 heterocycles. The van der Waals surface area contributed by atoms with Gasteiger partial charge in [0.15, 0.2) is 17.3 Å². The minimum atomic E-state index is -3.23. The number of carbonyl (C=O) groups excluding carboxylic acids is 1. The Labute approximate surface area is 262 Å². The van der Waals surface area contributed by atoms with Gasteiger partial charge in [0.1, 0.15) is 26.9 Å². The molecule has 13 heteroatoms. The highest BCUT2D eigenvalue weighted by Gasteiger charge is 2.23. The summed E-state index contributed by atoms with van der Waals surface area (Å²) in [6.45, 7) is 0. The van der Waals surface area contributed by atoms with Crippen LogP contribution in [-0.2, 0) is 21.1 Å². The molecule has 0 atom stereocenters. The number of nitrogens with one attached hydrogen (secondary N) is 3. The topological polar surface area (TPSA) is 146 Å². The molecule has 7 rings (SSSR count). The monoisotopic (exact) mass is 641 g/mol. The molecule has 0 saturated heterocycles. The number of H-pyrrole nitrogens is 2. The SMILES string of the molecule is CS(=O)(=O)CCc1cc(F)cc(-c2ccnc3nc(-c4[nH]nc5c(F)cc(-c6cncc(NC(=O)C7CCCC7)c6)cc45)[nH]c23)c1. The highest BCUT2D eigenvalue weighted by atomic mass is 32.2. The maximum Gasteiger partial charge on any atom is 0.227 e. The number of fused-ring (bicyclic) bond motifs is 2. The van der Waals surface area contributed by atoms with Gasteiger partial charge in [0, 0.05) is 41.1 Å². The van der Waals surface area contributed by atoms with E-state index in [1.165, 1.54) is 18.2 Å². The number of aromatic amines is 2. The van der Waals surface area contributed by atoms with Gasteiger partial charge < -0.3 is 10.3 Å². The third-order valence-corrected chi connectivity index (χ3v) is 9.28. The lowest BCUT2D eigenvalue weighted by Crippen LogP contribution is -2.20. The van der Waals surface area contributed by atoms with Crippen molar-refractivity contribution in [1.82, 2.24) is 30.1 Å². The summed E-state index contributed by atoms with van der Waals surface area (Å²) in [6.07, 6.45) is 9.88.